The van der Waals surface area contributed by atoms with Gasteiger partial charge in [0.15, 0.2) is 0 Å². The highest BCUT2D eigenvalue weighted by Gasteiger charge is 2.12. The van der Waals surface area contributed by atoms with Gasteiger partial charge in [-0.2, -0.15) is 5.10 Å². The predicted molar refractivity (Wildman–Crippen MR) is 82.4 cm³/mol. The first-order valence-corrected chi connectivity index (χ1v) is 7.32. The van der Waals surface area contributed by atoms with Crippen molar-refractivity contribution < 1.29 is 0 Å². The van der Waals surface area contributed by atoms with Crippen LogP contribution in [0, 0.1) is 6.92 Å². The average molecular weight is 343 g/mol. The molecule has 102 valence electrons. The van der Waals surface area contributed by atoms with Crippen LogP contribution in [0.5, 0.6) is 0 Å². The molecule has 1 N–H and O–H groups in total. The Balaban J connectivity index is 2.06. The van der Waals surface area contributed by atoms with E-state index in [1.807, 2.05) is 36.1 Å². The minimum Gasteiger partial charge on any atom is -0.306 e. The van der Waals surface area contributed by atoms with Crippen molar-refractivity contribution >= 4 is 27.5 Å². The fourth-order valence-corrected chi connectivity index (χ4v) is 2.59. The number of nitrogens with zero attached hydrogens (tertiary/aromatic N) is 2. The lowest BCUT2D eigenvalue weighted by Gasteiger charge is -2.14. The zero-order chi connectivity index (χ0) is 14.0. The van der Waals surface area contributed by atoms with Gasteiger partial charge in [-0.15, -0.1) is 0 Å². The number of halogens is 2. The summed E-state index contributed by atoms with van der Waals surface area (Å²) < 4.78 is 2.93. The van der Waals surface area contributed by atoms with Crippen molar-refractivity contribution in [3.05, 3.63) is 50.7 Å². The SMILES string of the molecule is Cc1c(C(C)NCc2cc(Br)ccc2Cl)cnn1C. The standard InChI is InChI=1S/C14H17BrClN3/c1-9(13-8-18-19(3)10(13)2)17-7-11-6-12(15)4-5-14(11)16/h4-6,8-9,17H,7H2,1-3H3. The molecule has 1 atom stereocenters. The number of hydrogen-bond acceptors (Lipinski definition) is 2. The lowest BCUT2D eigenvalue weighted by Crippen LogP contribution is -2.18. The van der Waals surface area contributed by atoms with Gasteiger partial charge in [-0.25, -0.2) is 0 Å². The minimum absolute atomic E-state index is 0.240. The summed E-state index contributed by atoms with van der Waals surface area (Å²) in [6.45, 7) is 4.94. The van der Waals surface area contributed by atoms with Gasteiger partial charge in [0, 0.05) is 40.4 Å². The summed E-state index contributed by atoms with van der Waals surface area (Å²) in [4.78, 5) is 0. The smallest absolute Gasteiger partial charge is 0.0540 e. The van der Waals surface area contributed by atoms with Crippen molar-refractivity contribution in [2.75, 3.05) is 0 Å². The number of nitrogens with one attached hydrogen (secondary N) is 1. The Morgan fingerprint density at radius 3 is 2.84 bits per heavy atom. The normalized spacial score (nSPS) is 12.7. The van der Waals surface area contributed by atoms with Crippen LogP contribution in [-0.4, -0.2) is 9.78 Å². The van der Waals surface area contributed by atoms with Crippen molar-refractivity contribution in [3.8, 4) is 0 Å². The number of aromatic nitrogens is 2. The van der Waals surface area contributed by atoms with E-state index >= 15 is 0 Å². The molecule has 0 amide bonds. The Morgan fingerprint density at radius 1 is 1.47 bits per heavy atom. The molecule has 0 spiro atoms. The van der Waals surface area contributed by atoms with Crippen molar-refractivity contribution in [1.29, 1.82) is 0 Å². The van der Waals surface area contributed by atoms with E-state index in [0.29, 0.717) is 0 Å². The summed E-state index contributed by atoms with van der Waals surface area (Å²) in [7, 11) is 1.96. The fraction of sp³-hybridized carbons (Fsp3) is 0.357. The molecule has 19 heavy (non-hydrogen) atoms. The highest BCUT2D eigenvalue weighted by atomic mass is 79.9. The van der Waals surface area contributed by atoms with Crippen LogP contribution in [0.1, 0.15) is 29.8 Å². The zero-order valence-electron chi connectivity index (χ0n) is 11.2. The quantitative estimate of drug-likeness (QED) is 0.910. The van der Waals surface area contributed by atoms with E-state index in [0.717, 1.165) is 21.6 Å². The van der Waals surface area contributed by atoms with E-state index < -0.39 is 0 Å². The molecule has 0 aliphatic heterocycles. The molecule has 2 aromatic rings. The van der Waals surface area contributed by atoms with E-state index in [1.54, 1.807) is 0 Å². The van der Waals surface area contributed by atoms with Crippen LogP contribution in [0.3, 0.4) is 0 Å². The third-order valence-electron chi connectivity index (χ3n) is 3.35. The van der Waals surface area contributed by atoms with E-state index in [-0.39, 0.29) is 6.04 Å². The summed E-state index contributed by atoms with van der Waals surface area (Å²) in [5, 5.41) is 8.53. The van der Waals surface area contributed by atoms with Crippen LogP contribution in [0.25, 0.3) is 0 Å². The van der Waals surface area contributed by atoms with Gasteiger partial charge in [0.1, 0.15) is 0 Å². The molecule has 0 saturated carbocycles. The first-order chi connectivity index (χ1) is 8.99. The Kier molecular flexibility index (Phi) is 4.66. The molecule has 1 unspecified atom stereocenters. The Bertz CT molecular complexity index is 580. The molecule has 0 aliphatic carbocycles. The summed E-state index contributed by atoms with van der Waals surface area (Å²) in [6.07, 6.45) is 1.91. The van der Waals surface area contributed by atoms with Crippen LogP contribution in [-0.2, 0) is 13.6 Å². The van der Waals surface area contributed by atoms with Gasteiger partial charge in [0.25, 0.3) is 0 Å². The number of benzene rings is 1. The molecule has 0 saturated heterocycles. The van der Waals surface area contributed by atoms with Gasteiger partial charge < -0.3 is 5.32 Å². The first kappa shape index (κ1) is 14.6. The maximum atomic E-state index is 6.18. The molecule has 1 heterocycles. The molecule has 3 nitrogen and oxygen atoms in total. The molecular weight excluding hydrogens is 326 g/mol. The second-order valence-corrected chi connectivity index (χ2v) is 5.97. The van der Waals surface area contributed by atoms with Crippen molar-refractivity contribution in [3.63, 3.8) is 0 Å². The molecule has 2 rings (SSSR count). The van der Waals surface area contributed by atoms with Crippen LogP contribution in [0.4, 0.5) is 0 Å². The molecule has 0 aliphatic rings. The summed E-state index contributed by atoms with van der Waals surface area (Å²) in [5.41, 5.74) is 3.48. The van der Waals surface area contributed by atoms with Gasteiger partial charge in [-0.05, 0) is 37.6 Å². The van der Waals surface area contributed by atoms with Crippen LogP contribution in [0.2, 0.25) is 5.02 Å². The van der Waals surface area contributed by atoms with Gasteiger partial charge in [0.05, 0.1) is 6.20 Å². The van der Waals surface area contributed by atoms with Crippen molar-refractivity contribution in [1.82, 2.24) is 15.1 Å². The predicted octanol–water partition coefficient (Wildman–Crippen LogP) is 4.00. The van der Waals surface area contributed by atoms with Gasteiger partial charge in [0.2, 0.25) is 0 Å². The van der Waals surface area contributed by atoms with E-state index in [9.17, 15) is 0 Å². The second-order valence-electron chi connectivity index (χ2n) is 4.65. The monoisotopic (exact) mass is 341 g/mol. The number of hydrogen-bond donors (Lipinski definition) is 1. The topological polar surface area (TPSA) is 29.9 Å². The molecule has 5 heteroatoms. The lowest BCUT2D eigenvalue weighted by molar-refractivity contribution is 0.570. The Morgan fingerprint density at radius 2 is 2.21 bits per heavy atom. The third-order valence-corrected chi connectivity index (χ3v) is 4.21. The highest BCUT2D eigenvalue weighted by Crippen LogP contribution is 2.22. The largest absolute Gasteiger partial charge is 0.306 e. The summed E-state index contributed by atoms with van der Waals surface area (Å²) >= 11 is 9.65. The maximum Gasteiger partial charge on any atom is 0.0540 e. The molecule has 0 fully saturated rings. The average Bonchev–Trinajstić information content (AvgIpc) is 2.71. The van der Waals surface area contributed by atoms with Crippen molar-refractivity contribution in [2.24, 2.45) is 7.05 Å². The van der Waals surface area contributed by atoms with Gasteiger partial charge in [-0.1, -0.05) is 27.5 Å². The zero-order valence-corrected chi connectivity index (χ0v) is 13.6. The van der Waals surface area contributed by atoms with Crippen LogP contribution < -0.4 is 5.32 Å². The fourth-order valence-electron chi connectivity index (χ4n) is 1.99. The molecule has 1 aromatic heterocycles. The maximum absolute atomic E-state index is 6.18. The van der Waals surface area contributed by atoms with E-state index in [2.05, 4.69) is 40.2 Å². The van der Waals surface area contributed by atoms with Gasteiger partial charge in [-0.3, -0.25) is 4.68 Å². The number of rotatable bonds is 4. The van der Waals surface area contributed by atoms with E-state index in [1.165, 1.54) is 11.3 Å². The number of aryl methyl sites for hydroxylation is 1. The summed E-state index contributed by atoms with van der Waals surface area (Å²) in [6, 6.07) is 6.13. The Labute approximate surface area is 127 Å². The lowest BCUT2D eigenvalue weighted by atomic mass is 10.1. The van der Waals surface area contributed by atoms with Crippen LogP contribution >= 0.6 is 27.5 Å². The molecule has 1 aromatic carbocycles. The Hall–Kier alpha value is -0.840. The first-order valence-electron chi connectivity index (χ1n) is 6.15. The second kappa shape index (κ2) is 6.07. The molecule has 0 bridgehead atoms. The highest BCUT2D eigenvalue weighted by molar-refractivity contribution is 9.10. The van der Waals surface area contributed by atoms with Crippen LogP contribution in [0.15, 0.2) is 28.9 Å². The van der Waals surface area contributed by atoms with Gasteiger partial charge >= 0.3 is 0 Å². The molecular formula is C14H17BrClN3. The summed E-state index contributed by atoms with van der Waals surface area (Å²) in [5.74, 6) is 0. The van der Waals surface area contributed by atoms with E-state index in [4.69, 9.17) is 11.6 Å². The minimum atomic E-state index is 0.240. The third kappa shape index (κ3) is 3.38. The van der Waals surface area contributed by atoms with Crippen molar-refractivity contribution in [2.45, 2.75) is 26.4 Å². The molecule has 0 radical (unpaired) electrons.